The lowest BCUT2D eigenvalue weighted by molar-refractivity contribution is 0.728. The van der Waals surface area contributed by atoms with Crippen LogP contribution in [0.15, 0.2) is 11.2 Å². The molecule has 0 saturated carbocycles. The zero-order chi connectivity index (χ0) is 15.4. The van der Waals surface area contributed by atoms with Gasteiger partial charge in [0.25, 0.3) is 0 Å². The van der Waals surface area contributed by atoms with Gasteiger partial charge in [-0.3, -0.25) is 9.67 Å². The number of rotatable bonds is 4. The van der Waals surface area contributed by atoms with E-state index in [-0.39, 0.29) is 0 Å². The van der Waals surface area contributed by atoms with Crippen LogP contribution in [0.1, 0.15) is 26.8 Å². The van der Waals surface area contributed by atoms with Crippen molar-refractivity contribution in [3.05, 3.63) is 33.0 Å². The standard InChI is InChI=1S/C14H22N6S/c1-9-6-16-13(21-9)8-18-14(15-4)17-7-12-10(2)19-20(5)11(12)3/h6H,7-8H2,1-5H3,(H2,15,17,18). The Kier molecular flexibility index (Phi) is 4.95. The molecule has 0 amide bonds. The van der Waals surface area contributed by atoms with E-state index >= 15 is 0 Å². The fourth-order valence-electron chi connectivity index (χ4n) is 2.11. The van der Waals surface area contributed by atoms with E-state index in [0.717, 1.165) is 16.7 Å². The van der Waals surface area contributed by atoms with Gasteiger partial charge in [0.15, 0.2) is 5.96 Å². The third-order valence-electron chi connectivity index (χ3n) is 3.39. The summed E-state index contributed by atoms with van der Waals surface area (Å²) in [7, 11) is 3.73. The Morgan fingerprint density at radius 2 is 2.00 bits per heavy atom. The summed E-state index contributed by atoms with van der Waals surface area (Å²) in [5, 5.41) is 12.1. The molecule has 0 saturated heterocycles. The first-order chi connectivity index (χ1) is 10.0. The van der Waals surface area contributed by atoms with E-state index in [1.54, 1.807) is 18.4 Å². The summed E-state index contributed by atoms with van der Waals surface area (Å²) < 4.78 is 1.90. The maximum atomic E-state index is 4.42. The van der Waals surface area contributed by atoms with Crippen molar-refractivity contribution in [3.8, 4) is 0 Å². The van der Waals surface area contributed by atoms with Gasteiger partial charge < -0.3 is 10.6 Å². The van der Waals surface area contributed by atoms with E-state index < -0.39 is 0 Å². The smallest absolute Gasteiger partial charge is 0.191 e. The molecule has 0 unspecified atom stereocenters. The number of hydrogen-bond acceptors (Lipinski definition) is 4. The van der Waals surface area contributed by atoms with E-state index in [0.29, 0.717) is 13.1 Å². The Morgan fingerprint density at radius 3 is 2.52 bits per heavy atom. The normalized spacial score (nSPS) is 11.8. The number of aryl methyl sites for hydroxylation is 3. The van der Waals surface area contributed by atoms with Crippen LogP contribution in [0.3, 0.4) is 0 Å². The minimum Gasteiger partial charge on any atom is -0.352 e. The molecule has 0 aliphatic heterocycles. The van der Waals surface area contributed by atoms with Crippen LogP contribution in [0.5, 0.6) is 0 Å². The molecule has 0 aromatic carbocycles. The molecule has 2 heterocycles. The van der Waals surface area contributed by atoms with E-state index in [1.807, 2.05) is 24.9 Å². The van der Waals surface area contributed by atoms with Gasteiger partial charge in [-0.05, 0) is 20.8 Å². The first-order valence-electron chi connectivity index (χ1n) is 6.86. The SMILES string of the molecule is CN=C(NCc1ncc(C)s1)NCc1c(C)nn(C)c1C. The topological polar surface area (TPSA) is 67.1 Å². The number of aliphatic imine (C=N–C) groups is 1. The van der Waals surface area contributed by atoms with Gasteiger partial charge in [0.2, 0.25) is 0 Å². The molecule has 0 fully saturated rings. The van der Waals surface area contributed by atoms with Crippen LogP contribution in [0.4, 0.5) is 0 Å². The van der Waals surface area contributed by atoms with Crippen molar-refractivity contribution in [1.29, 1.82) is 0 Å². The molecule has 0 aliphatic rings. The van der Waals surface area contributed by atoms with Gasteiger partial charge in [0, 0.05) is 43.0 Å². The number of nitrogens with zero attached hydrogens (tertiary/aromatic N) is 4. The van der Waals surface area contributed by atoms with Crippen molar-refractivity contribution in [1.82, 2.24) is 25.4 Å². The second-order valence-corrected chi connectivity index (χ2v) is 6.24. The van der Waals surface area contributed by atoms with Gasteiger partial charge in [-0.15, -0.1) is 11.3 Å². The van der Waals surface area contributed by atoms with E-state index in [4.69, 9.17) is 0 Å². The molecule has 6 nitrogen and oxygen atoms in total. The highest BCUT2D eigenvalue weighted by atomic mass is 32.1. The maximum Gasteiger partial charge on any atom is 0.191 e. The van der Waals surface area contributed by atoms with E-state index in [2.05, 4.69) is 39.6 Å². The molecule has 2 aromatic heterocycles. The van der Waals surface area contributed by atoms with Crippen LogP contribution >= 0.6 is 11.3 Å². The third-order valence-corrected chi connectivity index (χ3v) is 4.30. The lowest BCUT2D eigenvalue weighted by atomic mass is 10.2. The van der Waals surface area contributed by atoms with Crippen molar-refractivity contribution in [2.24, 2.45) is 12.0 Å². The lowest BCUT2D eigenvalue weighted by Gasteiger charge is -2.11. The number of thiazole rings is 1. The summed E-state index contributed by atoms with van der Waals surface area (Å²) >= 11 is 1.69. The number of hydrogen-bond donors (Lipinski definition) is 2. The highest BCUT2D eigenvalue weighted by Gasteiger charge is 2.09. The molecular weight excluding hydrogens is 284 g/mol. The van der Waals surface area contributed by atoms with Crippen LogP contribution in [-0.4, -0.2) is 27.8 Å². The summed E-state index contributed by atoms with van der Waals surface area (Å²) in [6.07, 6.45) is 1.89. The number of nitrogens with one attached hydrogen (secondary N) is 2. The predicted molar refractivity (Wildman–Crippen MR) is 86.6 cm³/mol. The van der Waals surface area contributed by atoms with Crippen LogP contribution < -0.4 is 10.6 Å². The van der Waals surface area contributed by atoms with Crippen LogP contribution in [0.2, 0.25) is 0 Å². The molecule has 0 spiro atoms. The largest absolute Gasteiger partial charge is 0.352 e. The van der Waals surface area contributed by atoms with Crippen molar-refractivity contribution in [3.63, 3.8) is 0 Å². The van der Waals surface area contributed by atoms with Gasteiger partial charge >= 0.3 is 0 Å². The Bertz CT molecular complexity index is 640. The molecule has 2 N–H and O–H groups in total. The van der Waals surface area contributed by atoms with E-state index in [1.165, 1.54) is 16.1 Å². The first kappa shape index (κ1) is 15.5. The van der Waals surface area contributed by atoms with Crippen LogP contribution in [0, 0.1) is 20.8 Å². The van der Waals surface area contributed by atoms with Crippen molar-refractivity contribution >= 4 is 17.3 Å². The molecule has 114 valence electrons. The van der Waals surface area contributed by atoms with Gasteiger partial charge in [0.05, 0.1) is 12.2 Å². The monoisotopic (exact) mass is 306 g/mol. The summed E-state index contributed by atoms with van der Waals surface area (Å²) in [5.74, 6) is 0.769. The predicted octanol–water partition coefficient (Wildman–Crippen LogP) is 1.67. The molecule has 0 atom stereocenters. The Balaban J connectivity index is 1.91. The van der Waals surface area contributed by atoms with Crippen molar-refractivity contribution in [2.75, 3.05) is 7.05 Å². The van der Waals surface area contributed by atoms with Crippen LogP contribution in [-0.2, 0) is 20.1 Å². The van der Waals surface area contributed by atoms with Crippen molar-refractivity contribution < 1.29 is 0 Å². The fraction of sp³-hybridized carbons (Fsp3) is 0.500. The average molecular weight is 306 g/mol. The highest BCUT2D eigenvalue weighted by Crippen LogP contribution is 2.12. The quantitative estimate of drug-likeness (QED) is 0.666. The van der Waals surface area contributed by atoms with Crippen LogP contribution in [0.25, 0.3) is 0 Å². The van der Waals surface area contributed by atoms with Crippen molar-refractivity contribution in [2.45, 2.75) is 33.9 Å². The zero-order valence-electron chi connectivity index (χ0n) is 13.2. The summed E-state index contributed by atoms with van der Waals surface area (Å²) in [6.45, 7) is 7.55. The molecule has 0 radical (unpaired) electrons. The van der Waals surface area contributed by atoms with Gasteiger partial charge in [-0.1, -0.05) is 0 Å². The fourth-order valence-corrected chi connectivity index (χ4v) is 2.84. The van der Waals surface area contributed by atoms with Gasteiger partial charge in [-0.25, -0.2) is 4.98 Å². The number of guanidine groups is 1. The third kappa shape index (κ3) is 3.81. The lowest BCUT2D eigenvalue weighted by Crippen LogP contribution is -2.36. The summed E-state index contributed by atoms with van der Waals surface area (Å²) in [5.41, 5.74) is 3.44. The molecule has 0 aliphatic carbocycles. The Morgan fingerprint density at radius 1 is 1.29 bits per heavy atom. The summed E-state index contributed by atoms with van der Waals surface area (Å²) in [4.78, 5) is 9.79. The van der Waals surface area contributed by atoms with Gasteiger partial charge in [-0.2, -0.15) is 5.10 Å². The molecular formula is C14H22N6S. The molecule has 2 aromatic rings. The Hall–Kier alpha value is -1.89. The minimum absolute atomic E-state index is 0.684. The zero-order valence-corrected chi connectivity index (χ0v) is 14.0. The average Bonchev–Trinajstić information content (AvgIpc) is 2.96. The molecule has 2 rings (SSSR count). The molecule has 21 heavy (non-hydrogen) atoms. The number of aromatic nitrogens is 3. The van der Waals surface area contributed by atoms with Gasteiger partial charge in [0.1, 0.15) is 5.01 Å². The summed E-state index contributed by atoms with van der Waals surface area (Å²) in [6, 6.07) is 0. The molecule has 7 heteroatoms. The first-order valence-corrected chi connectivity index (χ1v) is 7.67. The Labute approximate surface area is 129 Å². The maximum absolute atomic E-state index is 4.42. The molecule has 0 bridgehead atoms. The second kappa shape index (κ2) is 6.71. The van der Waals surface area contributed by atoms with E-state index in [9.17, 15) is 0 Å². The second-order valence-electron chi connectivity index (χ2n) is 4.92. The highest BCUT2D eigenvalue weighted by molar-refractivity contribution is 7.11. The minimum atomic E-state index is 0.684.